The highest BCUT2D eigenvalue weighted by Crippen LogP contribution is 2.28. The molecule has 2 heterocycles. The molecule has 3 amide bonds. The van der Waals surface area contributed by atoms with Gasteiger partial charge in [0.25, 0.3) is 11.8 Å². The Morgan fingerprint density at radius 3 is 2.50 bits per heavy atom. The Kier molecular flexibility index (Phi) is 5.85. The van der Waals surface area contributed by atoms with Gasteiger partial charge in [0, 0.05) is 38.3 Å². The quantitative estimate of drug-likeness (QED) is 0.850. The standard InChI is InChI=1S/C19H26N4O3/c1-20-18(25)16-8-6-14(12-21-16)17(24)22-15-7-5-13(11-15)19(26)23-9-3-2-4-10-23/h6,8,12-13,15H,2-5,7,9-11H2,1H3,(H,20,25)(H,22,24)/t13-,15+/m1/s1. The van der Waals surface area contributed by atoms with Gasteiger partial charge >= 0.3 is 0 Å². The van der Waals surface area contributed by atoms with E-state index in [0.717, 1.165) is 38.8 Å². The van der Waals surface area contributed by atoms with E-state index in [1.165, 1.54) is 25.7 Å². The molecule has 3 rings (SSSR count). The molecule has 26 heavy (non-hydrogen) atoms. The van der Waals surface area contributed by atoms with Crippen LogP contribution in [-0.4, -0.2) is 53.8 Å². The Bertz CT molecular complexity index is 668. The largest absolute Gasteiger partial charge is 0.354 e. The molecule has 0 unspecified atom stereocenters. The number of piperidine rings is 1. The average Bonchev–Trinajstić information content (AvgIpc) is 3.16. The van der Waals surface area contributed by atoms with Crippen LogP contribution >= 0.6 is 0 Å². The van der Waals surface area contributed by atoms with Crippen LogP contribution in [0.3, 0.4) is 0 Å². The van der Waals surface area contributed by atoms with Gasteiger partial charge in [0.05, 0.1) is 5.56 Å². The molecule has 1 saturated heterocycles. The van der Waals surface area contributed by atoms with Gasteiger partial charge in [0.15, 0.2) is 0 Å². The van der Waals surface area contributed by atoms with Gasteiger partial charge in [-0.3, -0.25) is 19.4 Å². The van der Waals surface area contributed by atoms with Crippen molar-refractivity contribution >= 4 is 17.7 Å². The first-order chi connectivity index (χ1) is 12.6. The maximum absolute atomic E-state index is 12.6. The second-order valence-corrected chi connectivity index (χ2v) is 7.08. The van der Waals surface area contributed by atoms with E-state index >= 15 is 0 Å². The maximum Gasteiger partial charge on any atom is 0.269 e. The summed E-state index contributed by atoms with van der Waals surface area (Å²) < 4.78 is 0. The summed E-state index contributed by atoms with van der Waals surface area (Å²) in [6.45, 7) is 1.74. The van der Waals surface area contributed by atoms with Gasteiger partial charge in [0.1, 0.15) is 5.69 Å². The van der Waals surface area contributed by atoms with Crippen LogP contribution in [0, 0.1) is 5.92 Å². The smallest absolute Gasteiger partial charge is 0.269 e. The van der Waals surface area contributed by atoms with E-state index in [-0.39, 0.29) is 35.4 Å². The number of nitrogens with zero attached hydrogens (tertiary/aromatic N) is 2. The molecule has 1 aliphatic heterocycles. The third-order valence-electron chi connectivity index (χ3n) is 5.27. The molecule has 2 N–H and O–H groups in total. The molecule has 1 aromatic rings. The highest BCUT2D eigenvalue weighted by Gasteiger charge is 2.33. The molecule has 0 aromatic carbocycles. The van der Waals surface area contributed by atoms with E-state index in [1.54, 1.807) is 6.07 Å². The zero-order chi connectivity index (χ0) is 18.5. The molecule has 7 nitrogen and oxygen atoms in total. The predicted octanol–water partition coefficient (Wildman–Crippen LogP) is 1.35. The lowest BCUT2D eigenvalue weighted by atomic mass is 10.0. The van der Waals surface area contributed by atoms with Crippen molar-refractivity contribution in [3.63, 3.8) is 0 Å². The Hall–Kier alpha value is -2.44. The first-order valence-corrected chi connectivity index (χ1v) is 9.36. The summed E-state index contributed by atoms with van der Waals surface area (Å²) in [5.74, 6) is -0.228. The fourth-order valence-corrected chi connectivity index (χ4v) is 3.77. The van der Waals surface area contributed by atoms with Gasteiger partial charge in [-0.25, -0.2) is 0 Å². The van der Waals surface area contributed by atoms with Crippen molar-refractivity contribution in [2.45, 2.75) is 44.6 Å². The molecular weight excluding hydrogens is 332 g/mol. The maximum atomic E-state index is 12.6. The van der Waals surface area contributed by atoms with Crippen molar-refractivity contribution in [1.29, 1.82) is 0 Å². The van der Waals surface area contributed by atoms with Crippen LogP contribution < -0.4 is 10.6 Å². The summed E-state index contributed by atoms with van der Waals surface area (Å²) in [7, 11) is 1.53. The molecule has 1 aromatic heterocycles. The fourth-order valence-electron chi connectivity index (χ4n) is 3.77. The third kappa shape index (κ3) is 4.20. The van der Waals surface area contributed by atoms with Gasteiger partial charge in [-0.2, -0.15) is 0 Å². The van der Waals surface area contributed by atoms with Crippen LogP contribution in [0.15, 0.2) is 18.3 Å². The van der Waals surface area contributed by atoms with Gasteiger partial charge in [-0.15, -0.1) is 0 Å². The highest BCUT2D eigenvalue weighted by atomic mass is 16.2. The summed E-state index contributed by atoms with van der Waals surface area (Å²) in [4.78, 5) is 42.5. The second kappa shape index (κ2) is 8.29. The summed E-state index contributed by atoms with van der Waals surface area (Å²) in [5, 5.41) is 5.49. The number of amides is 3. The van der Waals surface area contributed by atoms with Crippen LogP contribution in [0.1, 0.15) is 59.4 Å². The minimum absolute atomic E-state index is 0.0138. The van der Waals surface area contributed by atoms with Gasteiger partial charge in [-0.1, -0.05) is 0 Å². The van der Waals surface area contributed by atoms with Gasteiger partial charge in [0.2, 0.25) is 5.91 Å². The SMILES string of the molecule is CNC(=O)c1ccc(C(=O)N[C@H]2CC[C@@H](C(=O)N3CCCCC3)C2)cn1. The normalized spacial score (nSPS) is 22.7. The first-order valence-electron chi connectivity index (χ1n) is 9.36. The number of likely N-dealkylation sites (tertiary alicyclic amines) is 1. The number of nitrogens with one attached hydrogen (secondary N) is 2. The van der Waals surface area contributed by atoms with Crippen LogP contribution in [0.2, 0.25) is 0 Å². The Labute approximate surface area is 153 Å². The summed E-state index contributed by atoms with van der Waals surface area (Å²) in [6.07, 6.45) is 7.15. The average molecular weight is 358 g/mol. The van der Waals surface area contributed by atoms with E-state index in [1.807, 2.05) is 4.90 Å². The molecule has 2 aliphatic rings. The molecule has 2 fully saturated rings. The summed E-state index contributed by atoms with van der Waals surface area (Å²) in [5.41, 5.74) is 0.695. The number of rotatable bonds is 4. The zero-order valence-corrected chi connectivity index (χ0v) is 15.2. The molecule has 0 bridgehead atoms. The molecule has 0 spiro atoms. The summed E-state index contributed by atoms with van der Waals surface area (Å²) in [6, 6.07) is 3.14. The highest BCUT2D eigenvalue weighted by molar-refractivity contribution is 5.96. The number of hydrogen-bond acceptors (Lipinski definition) is 4. The predicted molar refractivity (Wildman–Crippen MR) is 96.7 cm³/mol. The van der Waals surface area contributed by atoms with E-state index < -0.39 is 0 Å². The Morgan fingerprint density at radius 1 is 1.08 bits per heavy atom. The fraction of sp³-hybridized carbons (Fsp3) is 0.579. The van der Waals surface area contributed by atoms with Gasteiger partial charge < -0.3 is 15.5 Å². The number of carbonyl (C=O) groups excluding carboxylic acids is 3. The number of aromatic nitrogens is 1. The van der Waals surface area contributed by atoms with E-state index in [0.29, 0.717) is 12.0 Å². The van der Waals surface area contributed by atoms with Crippen LogP contribution in [0.5, 0.6) is 0 Å². The van der Waals surface area contributed by atoms with Crippen molar-refractivity contribution in [1.82, 2.24) is 20.5 Å². The minimum Gasteiger partial charge on any atom is -0.354 e. The zero-order valence-electron chi connectivity index (χ0n) is 15.2. The third-order valence-corrected chi connectivity index (χ3v) is 5.27. The van der Waals surface area contributed by atoms with Crippen molar-refractivity contribution in [2.75, 3.05) is 20.1 Å². The molecular formula is C19H26N4O3. The summed E-state index contributed by atoms with van der Waals surface area (Å²) >= 11 is 0. The minimum atomic E-state index is -0.285. The Balaban J connectivity index is 1.52. The van der Waals surface area contributed by atoms with Crippen LogP contribution in [-0.2, 0) is 4.79 Å². The van der Waals surface area contributed by atoms with E-state index in [9.17, 15) is 14.4 Å². The van der Waals surface area contributed by atoms with Crippen molar-refractivity contribution < 1.29 is 14.4 Å². The lowest BCUT2D eigenvalue weighted by molar-refractivity contribution is -0.136. The number of carbonyl (C=O) groups is 3. The molecule has 2 atom stereocenters. The molecule has 1 aliphatic carbocycles. The van der Waals surface area contributed by atoms with Crippen molar-refractivity contribution in [3.05, 3.63) is 29.6 Å². The molecule has 7 heteroatoms. The van der Waals surface area contributed by atoms with E-state index in [4.69, 9.17) is 0 Å². The van der Waals surface area contributed by atoms with Gasteiger partial charge in [-0.05, 0) is 50.7 Å². The topological polar surface area (TPSA) is 91.4 Å². The lowest BCUT2D eigenvalue weighted by Gasteiger charge is -2.29. The van der Waals surface area contributed by atoms with Crippen molar-refractivity contribution in [3.8, 4) is 0 Å². The number of pyridine rings is 1. The van der Waals surface area contributed by atoms with Crippen LogP contribution in [0.25, 0.3) is 0 Å². The Morgan fingerprint density at radius 2 is 1.85 bits per heavy atom. The number of hydrogen-bond donors (Lipinski definition) is 2. The lowest BCUT2D eigenvalue weighted by Crippen LogP contribution is -2.40. The first kappa shape index (κ1) is 18.4. The van der Waals surface area contributed by atoms with Crippen LogP contribution in [0.4, 0.5) is 0 Å². The molecule has 140 valence electrons. The molecule has 0 radical (unpaired) electrons. The van der Waals surface area contributed by atoms with E-state index in [2.05, 4.69) is 15.6 Å². The molecule has 1 saturated carbocycles. The van der Waals surface area contributed by atoms with Crippen molar-refractivity contribution in [2.24, 2.45) is 5.92 Å². The monoisotopic (exact) mass is 358 g/mol. The second-order valence-electron chi connectivity index (χ2n) is 7.08.